The smallest absolute Gasteiger partial charge is 0.402 e. The molecular weight excluding hydrogens is 262 g/mol. The molecule has 1 heterocycles. The first-order valence-electron chi connectivity index (χ1n) is 6.31. The summed E-state index contributed by atoms with van der Waals surface area (Å²) in [7, 11) is -2.50. The molecule has 0 saturated carbocycles. The zero-order chi connectivity index (χ0) is 14.0. The van der Waals surface area contributed by atoms with Gasteiger partial charge < -0.3 is 9.16 Å². The van der Waals surface area contributed by atoms with Crippen LogP contribution in [0.2, 0.25) is 10.1 Å². The fourth-order valence-corrected chi connectivity index (χ4v) is 7.23. The summed E-state index contributed by atoms with van der Waals surface area (Å²) in [6.45, 7) is 13.4. The van der Waals surface area contributed by atoms with Crippen LogP contribution >= 0.6 is 12.2 Å². The Morgan fingerprint density at radius 3 is 2.61 bits per heavy atom. The molecule has 1 aliphatic rings. The first kappa shape index (κ1) is 15.4. The molecule has 5 heteroatoms. The SMILES string of the molecule is CCOC1=CCC(C)(C)[Si](N=C=S)(C(C)(C)C)O1. The second-order valence-corrected chi connectivity index (χ2v) is 11.0. The molecule has 0 spiro atoms. The van der Waals surface area contributed by atoms with E-state index in [0.29, 0.717) is 12.6 Å². The standard InChI is InChI=1S/C13H23NO2SSi/c1-7-15-11-8-9-13(5,6)18(16-11,14-10-17)12(2,3)4/h8H,7,9H2,1-6H3. The van der Waals surface area contributed by atoms with Gasteiger partial charge in [-0.15, -0.1) is 0 Å². The van der Waals surface area contributed by atoms with Crippen LogP contribution in [0.15, 0.2) is 16.7 Å². The Morgan fingerprint density at radius 2 is 2.17 bits per heavy atom. The summed E-state index contributed by atoms with van der Waals surface area (Å²) in [6, 6.07) is 0. The van der Waals surface area contributed by atoms with Crippen LogP contribution in [-0.2, 0) is 9.16 Å². The Morgan fingerprint density at radius 1 is 1.56 bits per heavy atom. The second kappa shape index (κ2) is 5.15. The highest BCUT2D eigenvalue weighted by Crippen LogP contribution is 2.57. The maximum absolute atomic E-state index is 6.22. The topological polar surface area (TPSA) is 30.8 Å². The van der Waals surface area contributed by atoms with E-state index < -0.39 is 8.48 Å². The quantitative estimate of drug-likeness (QED) is 0.437. The Balaban J connectivity index is 3.30. The van der Waals surface area contributed by atoms with Gasteiger partial charge in [-0.3, -0.25) is 0 Å². The van der Waals surface area contributed by atoms with Crippen molar-refractivity contribution in [2.24, 2.45) is 4.66 Å². The molecular formula is C13H23NO2SSi. The first-order valence-corrected chi connectivity index (χ1v) is 8.57. The molecule has 0 aromatic carbocycles. The summed E-state index contributed by atoms with van der Waals surface area (Å²) >= 11 is 4.86. The van der Waals surface area contributed by atoms with Gasteiger partial charge in [0.25, 0.3) is 5.95 Å². The number of thiocarbonyl (C=S) groups is 1. The van der Waals surface area contributed by atoms with Crippen LogP contribution in [0.1, 0.15) is 48.0 Å². The number of rotatable bonds is 3. The monoisotopic (exact) mass is 285 g/mol. The van der Waals surface area contributed by atoms with Gasteiger partial charge in [0.1, 0.15) is 0 Å². The van der Waals surface area contributed by atoms with Crippen molar-refractivity contribution in [2.75, 3.05) is 6.61 Å². The summed E-state index contributed by atoms with van der Waals surface area (Å²) in [6.07, 6.45) is 2.91. The lowest BCUT2D eigenvalue weighted by atomic mass is 10.1. The van der Waals surface area contributed by atoms with E-state index >= 15 is 0 Å². The molecule has 1 rings (SSSR count). The van der Waals surface area contributed by atoms with Gasteiger partial charge in [0.2, 0.25) is 0 Å². The highest BCUT2D eigenvalue weighted by Gasteiger charge is 2.62. The number of hydrogen-bond donors (Lipinski definition) is 0. The summed E-state index contributed by atoms with van der Waals surface area (Å²) in [5.74, 6) is 0.604. The number of ether oxygens (including phenoxy) is 1. The van der Waals surface area contributed by atoms with Crippen LogP contribution < -0.4 is 0 Å². The van der Waals surface area contributed by atoms with Crippen molar-refractivity contribution in [3.05, 3.63) is 12.0 Å². The Kier molecular flexibility index (Phi) is 4.41. The average Bonchev–Trinajstić information content (AvgIpc) is 2.22. The molecule has 102 valence electrons. The molecule has 0 bridgehead atoms. The van der Waals surface area contributed by atoms with Crippen molar-refractivity contribution in [3.63, 3.8) is 0 Å². The van der Waals surface area contributed by atoms with Crippen LogP contribution in [0.4, 0.5) is 0 Å². The fourth-order valence-electron chi connectivity index (χ4n) is 2.61. The normalized spacial score (nSPS) is 26.7. The molecule has 0 radical (unpaired) electrons. The van der Waals surface area contributed by atoms with Crippen molar-refractivity contribution in [1.29, 1.82) is 0 Å². The maximum atomic E-state index is 6.22. The molecule has 0 amide bonds. The minimum Gasteiger partial charge on any atom is -0.497 e. The van der Waals surface area contributed by atoms with Crippen LogP contribution in [0.3, 0.4) is 0 Å². The van der Waals surface area contributed by atoms with Crippen LogP contribution in [0.25, 0.3) is 0 Å². The van der Waals surface area contributed by atoms with Gasteiger partial charge in [-0.1, -0.05) is 34.6 Å². The molecule has 0 aromatic rings. The minimum absolute atomic E-state index is 0.0301. The molecule has 0 N–H and O–H groups in total. The Labute approximate surface area is 116 Å². The second-order valence-electron chi connectivity index (χ2n) is 6.24. The van der Waals surface area contributed by atoms with Gasteiger partial charge in [0.05, 0.1) is 11.8 Å². The van der Waals surface area contributed by atoms with Gasteiger partial charge in [-0.25, -0.2) is 4.66 Å². The van der Waals surface area contributed by atoms with E-state index in [9.17, 15) is 0 Å². The number of nitrogens with zero attached hydrogens (tertiary/aromatic N) is 1. The third kappa shape index (κ3) is 2.53. The molecule has 0 fully saturated rings. The van der Waals surface area contributed by atoms with E-state index in [0.717, 1.165) is 6.42 Å². The largest absolute Gasteiger partial charge is 0.497 e. The predicted molar refractivity (Wildman–Crippen MR) is 79.9 cm³/mol. The van der Waals surface area contributed by atoms with Gasteiger partial charge in [0.15, 0.2) is 0 Å². The number of hydrogen-bond acceptors (Lipinski definition) is 4. The van der Waals surface area contributed by atoms with Gasteiger partial charge in [-0.05, 0) is 31.6 Å². The zero-order valence-corrected chi connectivity index (χ0v) is 14.0. The van der Waals surface area contributed by atoms with Crippen LogP contribution in [-0.4, -0.2) is 20.2 Å². The highest BCUT2D eigenvalue weighted by atomic mass is 32.1. The molecule has 0 aliphatic carbocycles. The summed E-state index contributed by atoms with van der Waals surface area (Å²) in [4.78, 5) is 0. The van der Waals surface area contributed by atoms with Crippen LogP contribution in [0, 0.1) is 0 Å². The molecule has 0 saturated heterocycles. The summed E-state index contributed by atoms with van der Waals surface area (Å²) < 4.78 is 16.3. The van der Waals surface area contributed by atoms with E-state index in [4.69, 9.17) is 21.4 Å². The van der Waals surface area contributed by atoms with Crippen molar-refractivity contribution in [2.45, 2.75) is 58.0 Å². The minimum atomic E-state index is -2.50. The third-order valence-electron chi connectivity index (χ3n) is 3.45. The van der Waals surface area contributed by atoms with E-state index in [-0.39, 0.29) is 10.1 Å². The molecule has 1 atom stereocenters. The average molecular weight is 285 g/mol. The maximum Gasteiger partial charge on any atom is 0.402 e. The third-order valence-corrected chi connectivity index (χ3v) is 8.70. The zero-order valence-electron chi connectivity index (χ0n) is 12.2. The fraction of sp³-hybridized carbons (Fsp3) is 0.769. The summed E-state index contributed by atoms with van der Waals surface area (Å²) in [5.41, 5.74) is 0. The van der Waals surface area contributed by atoms with Crippen molar-refractivity contribution < 1.29 is 9.16 Å². The molecule has 3 nitrogen and oxygen atoms in total. The lowest BCUT2D eigenvalue weighted by molar-refractivity contribution is 0.0906. The van der Waals surface area contributed by atoms with E-state index in [1.165, 1.54) is 0 Å². The van der Waals surface area contributed by atoms with Gasteiger partial charge >= 0.3 is 8.48 Å². The van der Waals surface area contributed by atoms with Gasteiger partial charge in [0, 0.05) is 10.1 Å². The van der Waals surface area contributed by atoms with Crippen molar-refractivity contribution in [1.82, 2.24) is 0 Å². The van der Waals surface area contributed by atoms with Crippen molar-refractivity contribution >= 4 is 25.9 Å². The Bertz CT molecular complexity index is 394. The van der Waals surface area contributed by atoms with Crippen molar-refractivity contribution in [3.8, 4) is 0 Å². The number of isothiocyanates is 1. The Hall–Kier alpha value is -0.643. The van der Waals surface area contributed by atoms with Crippen LogP contribution in [0.5, 0.6) is 0 Å². The molecule has 1 unspecified atom stereocenters. The summed E-state index contributed by atoms with van der Waals surface area (Å²) in [5, 5.41) is 2.46. The molecule has 0 aromatic heterocycles. The first-order chi connectivity index (χ1) is 8.20. The lowest BCUT2D eigenvalue weighted by Crippen LogP contribution is -2.55. The molecule has 1 aliphatic heterocycles. The number of allylic oxidation sites excluding steroid dienone is 1. The highest BCUT2D eigenvalue weighted by molar-refractivity contribution is 7.78. The van der Waals surface area contributed by atoms with E-state index in [1.807, 2.05) is 13.0 Å². The van der Waals surface area contributed by atoms with E-state index in [1.54, 1.807) is 0 Å². The predicted octanol–water partition coefficient (Wildman–Crippen LogP) is 4.41. The molecule has 18 heavy (non-hydrogen) atoms. The van der Waals surface area contributed by atoms with Gasteiger partial charge in [-0.2, -0.15) is 0 Å². The lowest BCUT2D eigenvalue weighted by Gasteiger charge is -2.49. The van der Waals surface area contributed by atoms with E-state index in [2.05, 4.69) is 44.4 Å².